The Morgan fingerprint density at radius 1 is 1.17 bits per heavy atom. The minimum absolute atomic E-state index is 0.274. The van der Waals surface area contributed by atoms with E-state index in [9.17, 15) is 14.4 Å². The molecule has 1 amide bonds. The van der Waals surface area contributed by atoms with E-state index in [4.69, 9.17) is 18.6 Å². The van der Waals surface area contributed by atoms with Crippen LogP contribution in [-0.4, -0.2) is 55.2 Å². The molecule has 2 aromatic rings. The number of furan rings is 1. The summed E-state index contributed by atoms with van der Waals surface area (Å²) in [6.45, 7) is 0.948. The van der Waals surface area contributed by atoms with Crippen LogP contribution < -0.4 is 9.47 Å². The summed E-state index contributed by atoms with van der Waals surface area (Å²) in [6.07, 6.45) is 1.52. The molecule has 2 atom stereocenters. The maximum absolute atomic E-state index is 12.6. The van der Waals surface area contributed by atoms with Gasteiger partial charge in [-0.25, -0.2) is 4.79 Å². The van der Waals surface area contributed by atoms with Gasteiger partial charge in [0.05, 0.1) is 20.5 Å². The third-order valence-corrected chi connectivity index (χ3v) is 5.76. The molecule has 154 valence electrons. The molecule has 0 saturated carbocycles. The van der Waals surface area contributed by atoms with Gasteiger partial charge in [0.1, 0.15) is 17.2 Å². The first-order chi connectivity index (χ1) is 14.0. The second-order valence-electron chi connectivity index (χ2n) is 6.24. The van der Waals surface area contributed by atoms with Gasteiger partial charge in [0.25, 0.3) is 0 Å². The largest absolute Gasteiger partial charge is 0.493 e. The van der Waals surface area contributed by atoms with E-state index in [1.807, 2.05) is 0 Å². The van der Waals surface area contributed by atoms with Gasteiger partial charge in [0, 0.05) is 18.2 Å². The van der Waals surface area contributed by atoms with Crippen molar-refractivity contribution >= 4 is 29.4 Å². The van der Waals surface area contributed by atoms with Gasteiger partial charge in [0.15, 0.2) is 23.9 Å². The lowest BCUT2D eigenvalue weighted by Crippen LogP contribution is -2.43. The van der Waals surface area contributed by atoms with Gasteiger partial charge in [-0.3, -0.25) is 9.59 Å². The third-order valence-electron chi connectivity index (χ3n) is 4.47. The Labute approximate surface area is 172 Å². The molecule has 2 heterocycles. The highest BCUT2D eigenvalue weighted by Crippen LogP contribution is 2.41. The number of nitrogens with zero attached hydrogens (tertiary/aromatic N) is 1. The number of amides is 1. The first-order valence-electron chi connectivity index (χ1n) is 8.82. The topological polar surface area (TPSA) is 95.3 Å². The van der Waals surface area contributed by atoms with Crippen LogP contribution in [-0.2, 0) is 14.3 Å². The Balaban J connectivity index is 1.65. The van der Waals surface area contributed by atoms with Crippen molar-refractivity contribution in [3.05, 3.63) is 47.9 Å². The Bertz CT molecular complexity index is 896. The van der Waals surface area contributed by atoms with Crippen molar-refractivity contribution < 1.29 is 33.0 Å². The zero-order valence-corrected chi connectivity index (χ0v) is 17.1. The lowest BCUT2D eigenvalue weighted by molar-refractivity contribution is -0.152. The molecule has 1 fully saturated rings. The van der Waals surface area contributed by atoms with Crippen molar-refractivity contribution in [1.29, 1.82) is 0 Å². The number of benzene rings is 1. The number of methoxy groups -OCH3 is 2. The normalized spacial score (nSPS) is 18.4. The fourth-order valence-corrected chi connectivity index (χ4v) is 4.47. The maximum Gasteiger partial charge on any atom is 0.330 e. The highest BCUT2D eigenvalue weighted by atomic mass is 32.2. The molecule has 9 heteroatoms. The number of ether oxygens (including phenoxy) is 3. The third kappa shape index (κ3) is 4.40. The monoisotopic (exact) mass is 419 g/mol. The molecule has 0 spiro atoms. The average molecular weight is 419 g/mol. The predicted molar refractivity (Wildman–Crippen MR) is 105 cm³/mol. The van der Waals surface area contributed by atoms with Crippen molar-refractivity contribution in [2.24, 2.45) is 0 Å². The van der Waals surface area contributed by atoms with E-state index >= 15 is 0 Å². The molecule has 8 nitrogen and oxygen atoms in total. The summed E-state index contributed by atoms with van der Waals surface area (Å²) in [4.78, 5) is 38.6. The Morgan fingerprint density at radius 3 is 2.55 bits per heavy atom. The molecule has 1 aromatic carbocycles. The second kappa shape index (κ2) is 9.04. The van der Waals surface area contributed by atoms with Gasteiger partial charge in [-0.15, -0.1) is 11.8 Å². The molecule has 3 rings (SSSR count). The smallest absolute Gasteiger partial charge is 0.330 e. The summed E-state index contributed by atoms with van der Waals surface area (Å²) >= 11 is 1.41. The molecule has 0 aliphatic carbocycles. The van der Waals surface area contributed by atoms with Gasteiger partial charge in [0.2, 0.25) is 5.91 Å². The van der Waals surface area contributed by atoms with E-state index in [1.165, 1.54) is 50.1 Å². The lowest BCUT2D eigenvalue weighted by atomic mass is 10.1. The van der Waals surface area contributed by atoms with E-state index < -0.39 is 24.0 Å². The summed E-state index contributed by atoms with van der Waals surface area (Å²) in [6, 6.07) is 7.38. The first-order valence-corrected chi connectivity index (χ1v) is 9.87. The fourth-order valence-electron chi connectivity index (χ4n) is 3.05. The Morgan fingerprint density at radius 2 is 1.93 bits per heavy atom. The van der Waals surface area contributed by atoms with E-state index in [0.29, 0.717) is 28.6 Å². The number of Topliss-reactive ketones (excluding diaryl/α,β-unsaturated/α-hetero) is 1. The predicted octanol–water partition coefficient (Wildman–Crippen LogP) is 2.69. The van der Waals surface area contributed by atoms with Gasteiger partial charge >= 0.3 is 5.97 Å². The number of esters is 1. The van der Waals surface area contributed by atoms with Crippen LogP contribution in [0.3, 0.4) is 0 Å². The minimum Gasteiger partial charge on any atom is -0.493 e. The number of thioether (sulfide) groups is 1. The van der Waals surface area contributed by atoms with Gasteiger partial charge in [-0.05, 0) is 30.3 Å². The van der Waals surface area contributed by atoms with Crippen molar-refractivity contribution in [3.63, 3.8) is 0 Å². The maximum atomic E-state index is 12.6. The van der Waals surface area contributed by atoms with Crippen LogP contribution in [0.1, 0.15) is 28.4 Å². The standard InChI is InChI=1S/C20H21NO7S/c1-12(22)21-14(11-29-19(21)17-5-4-8-27-17)20(24)28-10-15(23)13-6-7-16(25-2)18(9-13)26-3/h4-9,14,19H,10-11H2,1-3H3/t14-,19-/m1/s1. The number of carbonyl (C=O) groups excluding carboxylic acids is 3. The van der Waals surface area contributed by atoms with Crippen LogP contribution in [0.5, 0.6) is 11.5 Å². The van der Waals surface area contributed by atoms with Crippen molar-refractivity contribution in [3.8, 4) is 11.5 Å². The molecule has 0 unspecified atom stereocenters. The summed E-state index contributed by atoms with van der Waals surface area (Å²) < 4.78 is 20.9. The van der Waals surface area contributed by atoms with Crippen molar-refractivity contribution in [1.82, 2.24) is 4.90 Å². The zero-order valence-electron chi connectivity index (χ0n) is 16.2. The zero-order chi connectivity index (χ0) is 21.0. The van der Waals surface area contributed by atoms with Crippen LogP contribution in [0.15, 0.2) is 41.0 Å². The summed E-state index contributed by atoms with van der Waals surface area (Å²) in [5, 5.41) is -0.401. The van der Waals surface area contributed by atoms with E-state index in [1.54, 1.807) is 24.3 Å². The minimum atomic E-state index is -0.786. The van der Waals surface area contributed by atoms with Crippen molar-refractivity contribution in [2.45, 2.75) is 18.3 Å². The molecule has 1 aliphatic rings. The quantitative estimate of drug-likeness (QED) is 0.499. The van der Waals surface area contributed by atoms with Crippen LogP contribution >= 0.6 is 11.8 Å². The average Bonchev–Trinajstić information content (AvgIpc) is 3.40. The molecule has 1 aromatic heterocycles. The summed E-state index contributed by atoms with van der Waals surface area (Å²) in [5.41, 5.74) is 0.327. The number of ketones is 1. The van der Waals surface area contributed by atoms with Gasteiger partial charge in [-0.2, -0.15) is 0 Å². The molecule has 0 radical (unpaired) electrons. The Hall–Kier alpha value is -2.94. The SMILES string of the molecule is COc1ccc(C(=O)COC(=O)[C@H]2CS[C@H](c3ccco3)N2C(C)=O)cc1OC. The fraction of sp³-hybridized carbons (Fsp3) is 0.350. The highest BCUT2D eigenvalue weighted by molar-refractivity contribution is 7.99. The second-order valence-corrected chi connectivity index (χ2v) is 7.36. The van der Waals surface area contributed by atoms with Crippen LogP contribution in [0.4, 0.5) is 0 Å². The summed E-state index contributed by atoms with van der Waals surface area (Å²) in [7, 11) is 2.97. The molecule has 29 heavy (non-hydrogen) atoms. The van der Waals surface area contributed by atoms with E-state index in [2.05, 4.69) is 0 Å². The van der Waals surface area contributed by atoms with Crippen LogP contribution in [0, 0.1) is 0 Å². The molecule has 1 saturated heterocycles. The van der Waals surface area contributed by atoms with E-state index in [-0.39, 0.29) is 11.7 Å². The van der Waals surface area contributed by atoms with Gasteiger partial charge < -0.3 is 23.5 Å². The van der Waals surface area contributed by atoms with Crippen LogP contribution in [0.25, 0.3) is 0 Å². The summed E-state index contributed by atoms with van der Waals surface area (Å²) in [5.74, 6) is 0.545. The number of carbonyl (C=O) groups is 3. The highest BCUT2D eigenvalue weighted by Gasteiger charge is 2.43. The Kier molecular flexibility index (Phi) is 6.48. The number of hydrogen-bond acceptors (Lipinski definition) is 8. The lowest BCUT2D eigenvalue weighted by Gasteiger charge is -2.25. The van der Waals surface area contributed by atoms with Crippen LogP contribution in [0.2, 0.25) is 0 Å². The molecule has 1 aliphatic heterocycles. The molecular weight excluding hydrogens is 398 g/mol. The molecular formula is C20H21NO7S. The van der Waals surface area contributed by atoms with E-state index in [0.717, 1.165) is 0 Å². The van der Waals surface area contributed by atoms with Crippen molar-refractivity contribution in [2.75, 3.05) is 26.6 Å². The molecule has 0 bridgehead atoms. The molecule has 0 N–H and O–H groups in total. The first kappa shape index (κ1) is 20.8. The number of hydrogen-bond donors (Lipinski definition) is 0. The van der Waals surface area contributed by atoms with Gasteiger partial charge in [-0.1, -0.05) is 0 Å². The number of rotatable bonds is 7.